The van der Waals surface area contributed by atoms with Crippen LogP contribution in [0.3, 0.4) is 0 Å². The van der Waals surface area contributed by atoms with Crippen LogP contribution in [0.2, 0.25) is 0 Å². The minimum Gasteiger partial charge on any atom is -0.314 e. The van der Waals surface area contributed by atoms with E-state index in [0.717, 1.165) is 51.9 Å². The highest BCUT2D eigenvalue weighted by Gasteiger charge is 2.27. The van der Waals surface area contributed by atoms with Crippen LogP contribution in [0.4, 0.5) is 8.78 Å². The summed E-state index contributed by atoms with van der Waals surface area (Å²) in [6, 6.07) is 2.74. The van der Waals surface area contributed by atoms with Crippen LogP contribution >= 0.6 is 0 Å². The minimum atomic E-state index is -0.421. The zero-order valence-corrected chi connectivity index (χ0v) is 13.4. The molecule has 1 fully saturated rings. The van der Waals surface area contributed by atoms with E-state index in [1.54, 1.807) is 6.92 Å². The molecule has 0 amide bonds. The maximum Gasteiger partial charge on any atom is 0.133 e. The van der Waals surface area contributed by atoms with Crippen molar-refractivity contribution in [2.24, 2.45) is 0 Å². The fourth-order valence-corrected chi connectivity index (χ4v) is 3.11. The molecular weight excluding hydrogens is 282 g/mol. The van der Waals surface area contributed by atoms with Gasteiger partial charge < -0.3 is 5.32 Å². The molecule has 0 spiro atoms. The van der Waals surface area contributed by atoms with Crippen LogP contribution in [-0.2, 0) is 0 Å². The van der Waals surface area contributed by atoms with E-state index in [9.17, 15) is 8.78 Å². The molecule has 22 heavy (non-hydrogen) atoms. The number of benzene rings is 1. The van der Waals surface area contributed by atoms with Gasteiger partial charge in [0, 0.05) is 37.8 Å². The lowest BCUT2D eigenvalue weighted by atomic mass is 9.95. The Morgan fingerprint density at radius 3 is 2.68 bits per heavy atom. The quantitative estimate of drug-likeness (QED) is 0.606. The monoisotopic (exact) mass is 308 g/mol. The van der Waals surface area contributed by atoms with E-state index in [-0.39, 0.29) is 17.4 Å². The third-order valence-electron chi connectivity index (χ3n) is 4.38. The molecular formula is C18H26F2N2. The van der Waals surface area contributed by atoms with Gasteiger partial charge in [0.2, 0.25) is 0 Å². The first-order valence-corrected chi connectivity index (χ1v) is 8.15. The van der Waals surface area contributed by atoms with Gasteiger partial charge in [-0.05, 0) is 37.8 Å². The van der Waals surface area contributed by atoms with Crippen molar-refractivity contribution in [1.29, 1.82) is 0 Å². The number of unbranched alkanes of at least 4 members (excludes halogenated alkanes) is 2. The first kappa shape index (κ1) is 17.1. The summed E-state index contributed by atoms with van der Waals surface area (Å²) in [7, 11) is 0. The Balaban J connectivity index is 2.22. The van der Waals surface area contributed by atoms with Gasteiger partial charge in [0.25, 0.3) is 0 Å². The molecule has 0 saturated carbocycles. The maximum atomic E-state index is 14.5. The Hall–Kier alpha value is -1.26. The summed E-state index contributed by atoms with van der Waals surface area (Å²) < 4.78 is 28.9. The van der Waals surface area contributed by atoms with Gasteiger partial charge in [0.1, 0.15) is 11.6 Å². The van der Waals surface area contributed by atoms with E-state index in [1.807, 2.05) is 6.08 Å². The van der Waals surface area contributed by atoms with Crippen molar-refractivity contribution in [3.8, 4) is 0 Å². The summed E-state index contributed by atoms with van der Waals surface area (Å²) >= 11 is 0. The fourth-order valence-electron chi connectivity index (χ4n) is 3.11. The number of piperazine rings is 1. The number of nitrogens with one attached hydrogen (secondary N) is 1. The molecule has 1 saturated heterocycles. The van der Waals surface area contributed by atoms with Crippen LogP contribution in [0, 0.1) is 18.6 Å². The first-order valence-electron chi connectivity index (χ1n) is 8.15. The number of hydrogen-bond donors (Lipinski definition) is 1. The molecule has 1 aromatic carbocycles. The summed E-state index contributed by atoms with van der Waals surface area (Å²) in [6.07, 6.45) is 5.60. The smallest absolute Gasteiger partial charge is 0.133 e. The van der Waals surface area contributed by atoms with E-state index in [4.69, 9.17) is 0 Å². The third kappa shape index (κ3) is 4.14. The number of halogens is 2. The predicted molar refractivity (Wildman–Crippen MR) is 86.9 cm³/mol. The van der Waals surface area contributed by atoms with E-state index >= 15 is 0 Å². The van der Waals surface area contributed by atoms with Gasteiger partial charge in [-0.1, -0.05) is 18.6 Å². The molecule has 1 N–H and O–H groups in total. The number of rotatable bonds is 7. The number of allylic oxidation sites excluding steroid dienone is 1. The van der Waals surface area contributed by atoms with E-state index in [1.165, 1.54) is 12.1 Å². The van der Waals surface area contributed by atoms with Crippen molar-refractivity contribution in [2.45, 2.75) is 38.6 Å². The highest BCUT2D eigenvalue weighted by atomic mass is 19.1. The number of aryl methyl sites for hydroxylation is 1. The minimum absolute atomic E-state index is 0.174. The standard InChI is InChI=1S/C18H26F2N2/c1-3-4-5-6-7-16(22-12-10-21-11-13-22)17-15(19)9-8-14(2)18(17)20/h3,8-9,16,21H,1,4-7,10-13H2,2H3/t16-/m1/s1. The second kappa shape index (κ2) is 8.39. The van der Waals surface area contributed by atoms with E-state index < -0.39 is 5.82 Å². The fraction of sp³-hybridized carbons (Fsp3) is 0.556. The summed E-state index contributed by atoms with van der Waals surface area (Å²) in [5.74, 6) is -0.803. The highest BCUT2D eigenvalue weighted by Crippen LogP contribution is 2.32. The van der Waals surface area contributed by atoms with Crippen LogP contribution in [0.1, 0.15) is 42.9 Å². The van der Waals surface area contributed by atoms with Gasteiger partial charge in [0.15, 0.2) is 0 Å². The van der Waals surface area contributed by atoms with Crippen LogP contribution in [0.5, 0.6) is 0 Å². The summed E-state index contributed by atoms with van der Waals surface area (Å²) in [6.45, 7) is 8.84. The molecule has 1 aromatic rings. The molecule has 122 valence electrons. The molecule has 4 heteroatoms. The van der Waals surface area contributed by atoms with Gasteiger partial charge >= 0.3 is 0 Å². The molecule has 0 bridgehead atoms. The van der Waals surface area contributed by atoms with Crippen molar-refractivity contribution < 1.29 is 8.78 Å². The Kier molecular flexibility index (Phi) is 6.52. The molecule has 0 aromatic heterocycles. The molecule has 1 heterocycles. The number of hydrogen-bond acceptors (Lipinski definition) is 2. The second-order valence-electron chi connectivity index (χ2n) is 5.97. The SMILES string of the molecule is C=CCCCC[C@H](c1c(F)ccc(C)c1F)N1CCNCC1. The molecule has 0 radical (unpaired) electrons. The van der Waals surface area contributed by atoms with Crippen molar-refractivity contribution in [1.82, 2.24) is 10.2 Å². The van der Waals surface area contributed by atoms with Gasteiger partial charge in [0.05, 0.1) is 0 Å². The van der Waals surface area contributed by atoms with Crippen LogP contribution in [0.25, 0.3) is 0 Å². The average molecular weight is 308 g/mol. The van der Waals surface area contributed by atoms with Crippen LogP contribution in [0.15, 0.2) is 24.8 Å². The van der Waals surface area contributed by atoms with Crippen molar-refractivity contribution in [3.05, 3.63) is 47.5 Å². The number of nitrogens with zero attached hydrogens (tertiary/aromatic N) is 1. The van der Waals surface area contributed by atoms with Crippen molar-refractivity contribution in [3.63, 3.8) is 0 Å². The predicted octanol–water partition coefficient (Wildman–Crippen LogP) is 3.97. The lowest BCUT2D eigenvalue weighted by Crippen LogP contribution is -2.45. The zero-order valence-electron chi connectivity index (χ0n) is 13.4. The summed E-state index contributed by atoms with van der Waals surface area (Å²) in [5, 5.41) is 3.30. The van der Waals surface area contributed by atoms with E-state index in [0.29, 0.717) is 5.56 Å². The normalized spacial score (nSPS) is 17.4. The Bertz CT molecular complexity index is 496. The second-order valence-corrected chi connectivity index (χ2v) is 5.97. The molecule has 2 rings (SSSR count). The average Bonchev–Trinajstić information content (AvgIpc) is 2.54. The molecule has 2 nitrogen and oxygen atoms in total. The van der Waals surface area contributed by atoms with Crippen LogP contribution < -0.4 is 5.32 Å². The zero-order chi connectivity index (χ0) is 15.9. The molecule has 1 atom stereocenters. The van der Waals surface area contributed by atoms with Crippen LogP contribution in [-0.4, -0.2) is 31.1 Å². The van der Waals surface area contributed by atoms with Crippen molar-refractivity contribution >= 4 is 0 Å². The summed E-state index contributed by atoms with van der Waals surface area (Å²) in [4.78, 5) is 2.21. The third-order valence-corrected chi connectivity index (χ3v) is 4.38. The topological polar surface area (TPSA) is 15.3 Å². The Morgan fingerprint density at radius 1 is 1.27 bits per heavy atom. The summed E-state index contributed by atoms with van der Waals surface area (Å²) in [5.41, 5.74) is 0.767. The highest BCUT2D eigenvalue weighted by molar-refractivity contribution is 5.29. The van der Waals surface area contributed by atoms with Crippen molar-refractivity contribution in [2.75, 3.05) is 26.2 Å². The van der Waals surface area contributed by atoms with Gasteiger partial charge in [-0.3, -0.25) is 4.90 Å². The Morgan fingerprint density at radius 2 is 2.00 bits per heavy atom. The molecule has 1 aliphatic rings. The first-order chi connectivity index (χ1) is 10.6. The largest absolute Gasteiger partial charge is 0.314 e. The van der Waals surface area contributed by atoms with Gasteiger partial charge in [-0.25, -0.2) is 8.78 Å². The van der Waals surface area contributed by atoms with Gasteiger partial charge in [-0.15, -0.1) is 6.58 Å². The Labute approximate surface area is 132 Å². The lowest BCUT2D eigenvalue weighted by molar-refractivity contribution is 0.156. The molecule has 1 aliphatic heterocycles. The molecule has 0 aliphatic carbocycles. The van der Waals surface area contributed by atoms with E-state index in [2.05, 4.69) is 16.8 Å². The lowest BCUT2D eigenvalue weighted by Gasteiger charge is -2.35. The maximum absolute atomic E-state index is 14.5. The van der Waals surface area contributed by atoms with Gasteiger partial charge in [-0.2, -0.15) is 0 Å². The molecule has 0 unspecified atom stereocenters.